The zero-order valence-corrected chi connectivity index (χ0v) is 24.4. The number of amides is 3. The Morgan fingerprint density at radius 2 is 1.64 bits per heavy atom. The van der Waals surface area contributed by atoms with E-state index in [2.05, 4.69) is 5.32 Å². The monoisotopic (exact) mass is 607 g/mol. The molecule has 2 bridgehead atoms. The van der Waals surface area contributed by atoms with Gasteiger partial charge in [0.2, 0.25) is 18.6 Å². The van der Waals surface area contributed by atoms with Crippen LogP contribution in [-0.2, 0) is 32.0 Å². The Balaban J connectivity index is 1.08. The van der Waals surface area contributed by atoms with Crippen LogP contribution in [-0.4, -0.2) is 90.0 Å². The zero-order chi connectivity index (χ0) is 30.6. The molecule has 0 radical (unpaired) electrons. The normalized spacial score (nSPS) is 22.8. The maximum Gasteiger partial charge on any atom is 0.415 e. The van der Waals surface area contributed by atoms with Crippen molar-refractivity contribution in [2.24, 2.45) is 5.92 Å². The van der Waals surface area contributed by atoms with Crippen molar-refractivity contribution in [2.45, 2.75) is 63.1 Å². The summed E-state index contributed by atoms with van der Waals surface area (Å²) in [7, 11) is 0. The Kier molecular flexibility index (Phi) is 8.87. The van der Waals surface area contributed by atoms with Gasteiger partial charge in [-0.25, -0.2) is 9.59 Å². The summed E-state index contributed by atoms with van der Waals surface area (Å²) >= 11 is 0. The molecule has 1 unspecified atom stereocenters. The van der Waals surface area contributed by atoms with Gasteiger partial charge in [-0.05, 0) is 73.4 Å². The SMILES string of the molecule is O=C(N[C@@H](Cc1ccc(OC(=O)N2CCOCC2)cc1)C(=O)O)C1C2CCC(CC2)N1C(=O)CCc1ccc2c(c1)OCO2. The Hall–Kier alpha value is -4.32. The van der Waals surface area contributed by atoms with Crippen LogP contribution in [0.25, 0.3) is 0 Å². The lowest BCUT2D eigenvalue weighted by Gasteiger charge is -2.50. The lowest BCUT2D eigenvalue weighted by molar-refractivity contribution is -0.154. The van der Waals surface area contributed by atoms with Crippen molar-refractivity contribution in [3.63, 3.8) is 0 Å². The van der Waals surface area contributed by atoms with E-state index >= 15 is 0 Å². The van der Waals surface area contributed by atoms with Gasteiger partial charge in [0.05, 0.1) is 13.2 Å². The van der Waals surface area contributed by atoms with Crippen LogP contribution in [0.2, 0.25) is 0 Å². The molecule has 234 valence electrons. The average Bonchev–Trinajstić information content (AvgIpc) is 3.52. The largest absolute Gasteiger partial charge is 0.480 e. The van der Waals surface area contributed by atoms with Crippen LogP contribution in [0.4, 0.5) is 4.79 Å². The molecule has 2 aromatic carbocycles. The molecule has 7 rings (SSSR count). The molecule has 1 saturated carbocycles. The highest BCUT2D eigenvalue weighted by Gasteiger charge is 2.47. The lowest BCUT2D eigenvalue weighted by atomic mass is 9.74. The summed E-state index contributed by atoms with van der Waals surface area (Å²) in [5.41, 5.74) is 1.60. The molecule has 3 saturated heterocycles. The highest BCUT2D eigenvalue weighted by molar-refractivity contribution is 5.91. The number of hydrogen-bond acceptors (Lipinski definition) is 8. The van der Waals surface area contributed by atoms with E-state index in [-0.39, 0.29) is 37.5 Å². The van der Waals surface area contributed by atoms with E-state index in [9.17, 15) is 24.3 Å². The Morgan fingerprint density at radius 3 is 2.36 bits per heavy atom. The quantitative estimate of drug-likeness (QED) is 0.440. The van der Waals surface area contributed by atoms with Crippen molar-refractivity contribution in [3.8, 4) is 17.2 Å². The van der Waals surface area contributed by atoms with Gasteiger partial charge in [-0.3, -0.25) is 9.59 Å². The smallest absolute Gasteiger partial charge is 0.415 e. The number of benzene rings is 2. The summed E-state index contributed by atoms with van der Waals surface area (Å²) in [5.74, 6) is -0.0269. The molecule has 0 spiro atoms. The average molecular weight is 608 g/mol. The van der Waals surface area contributed by atoms with E-state index in [1.54, 1.807) is 34.1 Å². The van der Waals surface area contributed by atoms with E-state index in [1.165, 1.54) is 0 Å². The second-order valence-electron chi connectivity index (χ2n) is 11.7. The lowest BCUT2D eigenvalue weighted by Crippen LogP contribution is -2.64. The first-order valence-corrected chi connectivity index (χ1v) is 15.2. The van der Waals surface area contributed by atoms with E-state index in [0.29, 0.717) is 55.5 Å². The molecule has 2 atom stereocenters. The van der Waals surface area contributed by atoms with Gasteiger partial charge in [-0.2, -0.15) is 0 Å². The van der Waals surface area contributed by atoms with Gasteiger partial charge in [0.25, 0.3) is 0 Å². The summed E-state index contributed by atoms with van der Waals surface area (Å²) in [6.45, 7) is 2.03. The minimum absolute atomic E-state index is 0.00984. The number of nitrogens with one attached hydrogen (secondary N) is 1. The number of aryl methyl sites for hydroxylation is 1. The molecule has 44 heavy (non-hydrogen) atoms. The molecular formula is C32H37N3O9. The summed E-state index contributed by atoms with van der Waals surface area (Å²) in [6, 6.07) is 10.3. The van der Waals surface area contributed by atoms with Crippen LogP contribution >= 0.6 is 0 Å². The molecule has 3 amide bonds. The van der Waals surface area contributed by atoms with Gasteiger partial charge in [0.15, 0.2) is 11.5 Å². The highest BCUT2D eigenvalue weighted by Crippen LogP contribution is 2.40. The number of morpholine rings is 1. The van der Waals surface area contributed by atoms with E-state index in [4.69, 9.17) is 18.9 Å². The second kappa shape index (κ2) is 13.1. The van der Waals surface area contributed by atoms with Crippen molar-refractivity contribution < 1.29 is 43.2 Å². The maximum atomic E-state index is 13.7. The third-order valence-corrected chi connectivity index (χ3v) is 8.95. The third-order valence-electron chi connectivity index (χ3n) is 8.95. The Labute approximate surface area is 255 Å². The van der Waals surface area contributed by atoms with E-state index < -0.39 is 30.1 Å². The molecule has 12 nitrogen and oxygen atoms in total. The fourth-order valence-corrected chi connectivity index (χ4v) is 6.62. The van der Waals surface area contributed by atoms with E-state index in [0.717, 1.165) is 31.2 Å². The van der Waals surface area contributed by atoms with Gasteiger partial charge in [-0.1, -0.05) is 18.2 Å². The van der Waals surface area contributed by atoms with Crippen molar-refractivity contribution in [2.75, 3.05) is 33.1 Å². The predicted octanol–water partition coefficient (Wildman–Crippen LogP) is 2.76. The number of carbonyl (C=O) groups excluding carboxylic acids is 3. The molecular weight excluding hydrogens is 570 g/mol. The van der Waals surface area contributed by atoms with Crippen molar-refractivity contribution in [1.82, 2.24) is 15.1 Å². The minimum atomic E-state index is -1.18. The molecule has 2 aromatic rings. The number of piperidine rings is 2. The molecule has 0 aromatic heterocycles. The fourth-order valence-electron chi connectivity index (χ4n) is 6.62. The first-order valence-electron chi connectivity index (χ1n) is 15.2. The third kappa shape index (κ3) is 6.59. The van der Waals surface area contributed by atoms with Crippen LogP contribution in [0.3, 0.4) is 0 Å². The standard InChI is InChI=1S/C32H37N3O9/c36-28(12-4-21-3-11-26-27(18-21)43-19-42-26)35-23-7-5-22(6-8-23)29(35)30(37)33-25(31(38)39)17-20-1-9-24(10-2-20)44-32(40)34-13-15-41-16-14-34/h1-3,9-11,18,22-23,25,29H,4-8,12-17,19H2,(H,33,37)(H,38,39)/t22?,23?,25-,29?/m0/s1. The predicted molar refractivity (Wildman–Crippen MR) is 155 cm³/mol. The number of carboxylic acids is 1. The number of hydrogen-bond donors (Lipinski definition) is 2. The number of fused-ring (bicyclic) bond motifs is 4. The molecule has 4 fully saturated rings. The summed E-state index contributed by atoms with van der Waals surface area (Å²) in [4.78, 5) is 55.1. The first-order chi connectivity index (χ1) is 21.4. The van der Waals surface area contributed by atoms with Crippen molar-refractivity contribution in [3.05, 3.63) is 53.6 Å². The summed E-state index contributed by atoms with van der Waals surface area (Å²) < 4.78 is 21.5. The zero-order valence-electron chi connectivity index (χ0n) is 24.4. The number of nitrogens with zero attached hydrogens (tertiary/aromatic N) is 2. The van der Waals surface area contributed by atoms with Gasteiger partial charge in [0, 0.05) is 32.0 Å². The minimum Gasteiger partial charge on any atom is -0.480 e. The first kappa shape index (κ1) is 29.7. The van der Waals surface area contributed by atoms with Crippen LogP contribution in [0.5, 0.6) is 17.2 Å². The summed E-state index contributed by atoms with van der Waals surface area (Å²) in [5, 5.41) is 12.7. The number of rotatable bonds is 9. The fraction of sp³-hybridized carbons (Fsp3) is 0.500. The Morgan fingerprint density at radius 1 is 0.932 bits per heavy atom. The van der Waals surface area contributed by atoms with Gasteiger partial charge >= 0.3 is 12.1 Å². The maximum absolute atomic E-state index is 13.7. The molecule has 4 aliphatic heterocycles. The molecule has 5 aliphatic rings. The Bertz CT molecular complexity index is 1380. The number of aliphatic carboxylic acids is 1. The van der Waals surface area contributed by atoms with Gasteiger partial charge in [-0.15, -0.1) is 0 Å². The number of carbonyl (C=O) groups is 4. The number of carboxylic acid groups (broad SMARTS) is 1. The summed E-state index contributed by atoms with van der Waals surface area (Å²) in [6.07, 6.45) is 3.65. The van der Waals surface area contributed by atoms with Crippen molar-refractivity contribution in [1.29, 1.82) is 0 Å². The van der Waals surface area contributed by atoms with Crippen LogP contribution in [0.1, 0.15) is 43.2 Å². The van der Waals surface area contributed by atoms with Crippen LogP contribution in [0.15, 0.2) is 42.5 Å². The second-order valence-corrected chi connectivity index (χ2v) is 11.7. The highest BCUT2D eigenvalue weighted by atomic mass is 16.7. The molecule has 1 aliphatic carbocycles. The van der Waals surface area contributed by atoms with Crippen LogP contribution in [0, 0.1) is 5.92 Å². The molecule has 4 heterocycles. The molecule has 2 N–H and O–H groups in total. The van der Waals surface area contributed by atoms with Crippen molar-refractivity contribution >= 4 is 23.9 Å². The topological polar surface area (TPSA) is 144 Å². The number of ether oxygens (including phenoxy) is 4. The van der Waals surface area contributed by atoms with E-state index in [1.807, 2.05) is 18.2 Å². The van der Waals surface area contributed by atoms with Gasteiger partial charge in [0.1, 0.15) is 17.8 Å². The van der Waals surface area contributed by atoms with Crippen LogP contribution < -0.4 is 19.5 Å². The molecule has 12 heteroatoms. The van der Waals surface area contributed by atoms with Gasteiger partial charge < -0.3 is 39.2 Å².